The molecule has 2 rings (SSSR count). The number of anilines is 3. The summed E-state index contributed by atoms with van der Waals surface area (Å²) in [5, 5.41) is 9.43. The largest absolute Gasteiger partial charge is 0.370 e. The van der Waals surface area contributed by atoms with E-state index in [2.05, 4.69) is 32.8 Å². The molecule has 38 heavy (non-hydrogen) atoms. The number of hydrogen-bond donors (Lipinski definition) is 4. The van der Waals surface area contributed by atoms with Gasteiger partial charge in [0.15, 0.2) is 5.78 Å². The summed E-state index contributed by atoms with van der Waals surface area (Å²) in [4.78, 5) is 46.1. The summed E-state index contributed by atoms with van der Waals surface area (Å²) < 4.78 is 0. The van der Waals surface area contributed by atoms with E-state index in [0.717, 1.165) is 55.7 Å². The Bertz CT molecular complexity index is 1070. The second-order valence-corrected chi connectivity index (χ2v) is 9.35. The maximum absolute atomic E-state index is 12.0. The van der Waals surface area contributed by atoms with Gasteiger partial charge in [0.2, 0.25) is 17.8 Å². The molecule has 0 saturated carbocycles. The number of ketones is 1. The molecule has 0 radical (unpaired) electrons. The zero-order valence-electron chi connectivity index (χ0n) is 22.8. The molecular weight excluding hydrogens is 482 g/mol. The van der Waals surface area contributed by atoms with Crippen molar-refractivity contribution in [2.75, 3.05) is 44.4 Å². The number of amides is 2. The summed E-state index contributed by atoms with van der Waals surface area (Å²) >= 11 is 0. The van der Waals surface area contributed by atoms with Crippen LogP contribution in [-0.4, -0.2) is 66.2 Å². The minimum absolute atomic E-state index is 0.0288. The monoisotopic (exact) mass is 523 g/mol. The molecule has 0 atom stereocenters. The summed E-state index contributed by atoms with van der Waals surface area (Å²) in [5.41, 5.74) is 7.54. The number of rotatable bonds is 18. The van der Waals surface area contributed by atoms with Gasteiger partial charge >= 0.3 is 0 Å². The number of aromatic nitrogens is 2. The first-order valence-electron chi connectivity index (χ1n) is 13.2. The van der Waals surface area contributed by atoms with Crippen molar-refractivity contribution in [3.63, 3.8) is 0 Å². The smallest absolute Gasteiger partial charge is 0.248 e. The highest BCUT2D eigenvalue weighted by molar-refractivity contribution is 5.93. The molecule has 0 unspecified atom stereocenters. The van der Waals surface area contributed by atoms with E-state index in [4.69, 9.17) is 5.73 Å². The number of carbonyl (C=O) groups is 3. The summed E-state index contributed by atoms with van der Waals surface area (Å²) in [5.74, 6) is 0.677. The van der Waals surface area contributed by atoms with E-state index >= 15 is 0 Å². The second-order valence-electron chi connectivity index (χ2n) is 9.35. The maximum atomic E-state index is 12.0. The average molecular weight is 524 g/mol. The molecule has 206 valence electrons. The van der Waals surface area contributed by atoms with Gasteiger partial charge in [-0.1, -0.05) is 19.4 Å². The number of hydrogen-bond acceptors (Lipinski definition) is 8. The van der Waals surface area contributed by atoms with Gasteiger partial charge in [-0.3, -0.25) is 14.4 Å². The van der Waals surface area contributed by atoms with Crippen LogP contribution >= 0.6 is 0 Å². The predicted octanol–water partition coefficient (Wildman–Crippen LogP) is 3.44. The minimum Gasteiger partial charge on any atom is -0.370 e. The maximum Gasteiger partial charge on any atom is 0.248 e. The van der Waals surface area contributed by atoms with E-state index in [1.165, 1.54) is 0 Å². The Labute approximate surface area is 225 Å². The Balaban J connectivity index is 1.75. The van der Waals surface area contributed by atoms with Crippen LogP contribution in [0.2, 0.25) is 0 Å². The van der Waals surface area contributed by atoms with Crippen molar-refractivity contribution in [2.24, 2.45) is 5.73 Å². The van der Waals surface area contributed by atoms with Crippen LogP contribution in [0.1, 0.15) is 61.4 Å². The number of benzene rings is 1. The lowest BCUT2D eigenvalue weighted by Crippen LogP contribution is -2.24. The minimum atomic E-state index is -0.471. The molecule has 1 heterocycles. The molecule has 0 saturated heterocycles. The van der Waals surface area contributed by atoms with Crippen LogP contribution in [0.5, 0.6) is 0 Å². The third-order valence-corrected chi connectivity index (χ3v) is 5.65. The summed E-state index contributed by atoms with van der Waals surface area (Å²) in [6.45, 7) is 4.20. The van der Waals surface area contributed by atoms with Gasteiger partial charge in [0.05, 0.1) is 0 Å². The molecule has 0 spiro atoms. The first-order chi connectivity index (χ1) is 18.3. The Kier molecular flexibility index (Phi) is 13.5. The van der Waals surface area contributed by atoms with Crippen molar-refractivity contribution in [3.05, 3.63) is 53.7 Å². The lowest BCUT2D eigenvalue weighted by Gasteiger charge is -2.13. The molecule has 0 aliphatic rings. The fourth-order valence-corrected chi connectivity index (χ4v) is 3.54. The van der Waals surface area contributed by atoms with Crippen LogP contribution in [0.15, 0.2) is 42.6 Å². The zero-order chi connectivity index (χ0) is 27.8. The molecule has 10 heteroatoms. The number of nitrogens with one attached hydrogen (secondary N) is 3. The van der Waals surface area contributed by atoms with E-state index in [-0.39, 0.29) is 24.5 Å². The van der Waals surface area contributed by atoms with Gasteiger partial charge in [-0.2, -0.15) is 4.98 Å². The zero-order valence-corrected chi connectivity index (χ0v) is 22.8. The Hall–Kier alpha value is -3.79. The van der Waals surface area contributed by atoms with Crippen LogP contribution in [0.3, 0.4) is 0 Å². The van der Waals surface area contributed by atoms with Crippen LogP contribution in [0, 0.1) is 0 Å². The summed E-state index contributed by atoms with van der Waals surface area (Å²) in [6, 6.07) is 6.83. The van der Waals surface area contributed by atoms with Crippen molar-refractivity contribution >= 4 is 35.1 Å². The van der Waals surface area contributed by atoms with Gasteiger partial charge in [-0.05, 0) is 70.1 Å². The van der Waals surface area contributed by atoms with Gasteiger partial charge in [0.25, 0.3) is 0 Å². The average Bonchev–Trinajstić information content (AvgIpc) is 2.89. The molecular formula is C28H41N7O3. The third-order valence-electron chi connectivity index (χ3n) is 5.65. The highest BCUT2D eigenvalue weighted by Gasteiger charge is 2.09. The van der Waals surface area contributed by atoms with Crippen LogP contribution in [-0.2, 0) is 16.0 Å². The number of allylic oxidation sites excluding steroid dienone is 1. The number of primary amides is 1. The van der Waals surface area contributed by atoms with E-state index in [1.807, 2.05) is 31.3 Å². The highest BCUT2D eigenvalue weighted by atomic mass is 16.2. The van der Waals surface area contributed by atoms with Crippen molar-refractivity contribution < 1.29 is 14.4 Å². The van der Waals surface area contributed by atoms with Crippen LogP contribution in [0.4, 0.5) is 17.5 Å². The van der Waals surface area contributed by atoms with Gasteiger partial charge in [-0.25, -0.2) is 4.98 Å². The molecule has 0 fully saturated rings. The van der Waals surface area contributed by atoms with Crippen molar-refractivity contribution in [3.8, 4) is 0 Å². The first kappa shape index (κ1) is 30.4. The fourth-order valence-electron chi connectivity index (χ4n) is 3.54. The van der Waals surface area contributed by atoms with E-state index < -0.39 is 5.91 Å². The van der Waals surface area contributed by atoms with Gasteiger partial charge in [0, 0.05) is 55.5 Å². The Morgan fingerprint density at radius 1 is 1.03 bits per heavy atom. The predicted molar refractivity (Wildman–Crippen MR) is 152 cm³/mol. The molecule has 0 aliphatic heterocycles. The number of likely N-dealkylation sites (N-methyl/N-ethyl adjacent to an activating group) is 1. The molecule has 0 aliphatic carbocycles. The van der Waals surface area contributed by atoms with Crippen molar-refractivity contribution in [2.45, 2.75) is 51.9 Å². The summed E-state index contributed by atoms with van der Waals surface area (Å²) in [6.07, 6.45) is 10.2. The Morgan fingerprint density at radius 3 is 2.47 bits per heavy atom. The molecule has 2 aromatic rings. The number of nitrogens with zero attached hydrogens (tertiary/aromatic N) is 3. The molecule has 5 N–H and O–H groups in total. The Morgan fingerprint density at radius 2 is 1.79 bits per heavy atom. The van der Waals surface area contributed by atoms with Gasteiger partial charge in [-0.15, -0.1) is 0 Å². The SMILES string of the molecule is CCCNc1nc(Nc2ccc(C(N)=O)cc2)ncc1CCCCCNC(=O)CCC(=O)/C=C/CN(C)C. The van der Waals surface area contributed by atoms with Crippen LogP contribution < -0.4 is 21.7 Å². The summed E-state index contributed by atoms with van der Waals surface area (Å²) in [7, 11) is 3.87. The van der Waals surface area contributed by atoms with Crippen molar-refractivity contribution in [1.29, 1.82) is 0 Å². The fraction of sp³-hybridized carbons (Fsp3) is 0.464. The van der Waals surface area contributed by atoms with E-state index in [0.29, 0.717) is 24.6 Å². The molecule has 2 amide bonds. The number of aryl methyl sites for hydroxylation is 1. The topological polar surface area (TPSA) is 142 Å². The lowest BCUT2D eigenvalue weighted by molar-refractivity contribution is -0.123. The quantitative estimate of drug-likeness (QED) is 0.172. The highest BCUT2D eigenvalue weighted by Crippen LogP contribution is 2.20. The number of carbonyl (C=O) groups excluding carboxylic acids is 3. The first-order valence-corrected chi connectivity index (χ1v) is 13.2. The van der Waals surface area contributed by atoms with E-state index in [9.17, 15) is 14.4 Å². The number of unbranched alkanes of at least 4 members (excludes halogenated alkanes) is 2. The van der Waals surface area contributed by atoms with E-state index in [1.54, 1.807) is 30.3 Å². The lowest BCUT2D eigenvalue weighted by atomic mass is 10.1. The second kappa shape index (κ2) is 16.9. The van der Waals surface area contributed by atoms with Gasteiger partial charge < -0.3 is 26.6 Å². The molecule has 0 bridgehead atoms. The molecule has 1 aromatic heterocycles. The standard InChI is InChI=1S/C28H41N7O3/c1-4-17-31-27-22(20-32-28(34-27)33-23-13-11-21(12-14-23)26(29)38)9-6-5-7-18-30-25(37)16-15-24(36)10-8-19-35(2)3/h8,10-14,20H,4-7,9,15-19H2,1-3H3,(H2,29,38)(H,30,37)(H2,31,32,33,34)/b10-8+. The van der Waals surface area contributed by atoms with Crippen LogP contribution in [0.25, 0.3) is 0 Å². The molecule has 1 aromatic carbocycles. The van der Waals surface area contributed by atoms with Gasteiger partial charge in [0.1, 0.15) is 5.82 Å². The van der Waals surface area contributed by atoms with Crippen molar-refractivity contribution in [1.82, 2.24) is 20.2 Å². The normalized spacial score (nSPS) is 11.1. The number of nitrogens with two attached hydrogens (primary N) is 1. The molecule has 10 nitrogen and oxygen atoms in total. The third kappa shape index (κ3) is 12.0.